The Kier molecular flexibility index (Phi) is 2.82. The molecule has 90 valence electrons. The molecule has 0 aliphatic carbocycles. The molecule has 0 radical (unpaired) electrons. The van der Waals surface area contributed by atoms with Crippen LogP contribution in [0, 0.1) is 0 Å². The molecule has 1 aliphatic rings. The molecule has 0 spiro atoms. The van der Waals surface area contributed by atoms with Crippen LogP contribution in [0.4, 0.5) is 4.79 Å². The molecule has 1 heterocycles. The van der Waals surface area contributed by atoms with Crippen molar-refractivity contribution in [2.45, 2.75) is 12.5 Å². The molecule has 1 fully saturated rings. The Labute approximate surface area is 107 Å². The summed E-state index contributed by atoms with van der Waals surface area (Å²) in [5.41, 5.74) is -0.383. The maximum absolute atomic E-state index is 11.7. The minimum atomic E-state index is -1.05. The number of ether oxygens (including phenoxy) is 1. The van der Waals surface area contributed by atoms with Crippen molar-refractivity contribution in [1.29, 1.82) is 0 Å². The van der Waals surface area contributed by atoms with E-state index in [2.05, 4.69) is 26.6 Å². The molecular formula is C11H11BrN2O3. The number of methoxy groups -OCH3 is 1. The van der Waals surface area contributed by atoms with Gasteiger partial charge in [-0.3, -0.25) is 10.1 Å². The summed E-state index contributed by atoms with van der Waals surface area (Å²) in [5.74, 6) is 0.240. The van der Waals surface area contributed by atoms with Crippen LogP contribution < -0.4 is 15.4 Å². The zero-order valence-electron chi connectivity index (χ0n) is 9.33. The number of rotatable bonds is 2. The predicted molar refractivity (Wildman–Crippen MR) is 64.7 cm³/mol. The predicted octanol–water partition coefficient (Wildman–Crippen LogP) is 1.51. The molecule has 1 aromatic rings. The van der Waals surface area contributed by atoms with Crippen LogP contribution in [0.25, 0.3) is 0 Å². The van der Waals surface area contributed by atoms with Crippen LogP contribution in [0.15, 0.2) is 22.7 Å². The van der Waals surface area contributed by atoms with Crippen LogP contribution in [-0.4, -0.2) is 19.0 Å². The Morgan fingerprint density at radius 1 is 1.35 bits per heavy atom. The summed E-state index contributed by atoms with van der Waals surface area (Å²) in [6.45, 7) is 1.65. The van der Waals surface area contributed by atoms with Gasteiger partial charge in [0.25, 0.3) is 5.91 Å². The third kappa shape index (κ3) is 1.88. The van der Waals surface area contributed by atoms with Gasteiger partial charge in [0.15, 0.2) is 0 Å². The van der Waals surface area contributed by atoms with Gasteiger partial charge in [0.2, 0.25) is 0 Å². The van der Waals surface area contributed by atoms with Crippen molar-refractivity contribution < 1.29 is 14.3 Å². The molecule has 3 amide bonds. The van der Waals surface area contributed by atoms with Crippen molar-refractivity contribution in [1.82, 2.24) is 10.6 Å². The van der Waals surface area contributed by atoms with E-state index in [9.17, 15) is 9.59 Å². The van der Waals surface area contributed by atoms with E-state index in [4.69, 9.17) is 4.74 Å². The lowest BCUT2D eigenvalue weighted by Gasteiger charge is -2.21. The Morgan fingerprint density at radius 2 is 2.06 bits per heavy atom. The van der Waals surface area contributed by atoms with E-state index in [0.29, 0.717) is 11.3 Å². The normalized spacial score (nSPS) is 23.2. The third-order valence-corrected chi connectivity index (χ3v) is 3.43. The molecule has 0 bridgehead atoms. The van der Waals surface area contributed by atoms with Crippen molar-refractivity contribution in [3.8, 4) is 5.75 Å². The van der Waals surface area contributed by atoms with Crippen LogP contribution in [0.1, 0.15) is 12.5 Å². The minimum absolute atomic E-state index is 0.369. The lowest BCUT2D eigenvalue weighted by molar-refractivity contribution is -0.123. The Morgan fingerprint density at radius 3 is 2.59 bits per heavy atom. The number of urea groups is 1. The Hall–Kier alpha value is -1.56. The molecule has 5 nitrogen and oxygen atoms in total. The SMILES string of the molecule is COc1cc(C2(C)NC(=O)NC2=O)ccc1Br. The first-order valence-corrected chi connectivity index (χ1v) is 5.74. The zero-order valence-corrected chi connectivity index (χ0v) is 10.9. The highest BCUT2D eigenvalue weighted by atomic mass is 79.9. The van der Waals surface area contributed by atoms with Gasteiger partial charge in [-0.15, -0.1) is 0 Å². The monoisotopic (exact) mass is 298 g/mol. The fraction of sp³-hybridized carbons (Fsp3) is 0.273. The largest absolute Gasteiger partial charge is 0.496 e. The number of nitrogens with one attached hydrogen (secondary N) is 2. The summed E-state index contributed by atoms with van der Waals surface area (Å²) < 4.78 is 5.95. The number of hydrogen-bond acceptors (Lipinski definition) is 3. The highest BCUT2D eigenvalue weighted by Crippen LogP contribution is 2.32. The fourth-order valence-corrected chi connectivity index (χ4v) is 2.13. The molecule has 2 rings (SSSR count). The summed E-state index contributed by atoms with van der Waals surface area (Å²) >= 11 is 3.33. The van der Waals surface area contributed by atoms with Crippen molar-refractivity contribution >= 4 is 27.9 Å². The van der Waals surface area contributed by atoms with Gasteiger partial charge in [0.1, 0.15) is 11.3 Å². The van der Waals surface area contributed by atoms with Gasteiger partial charge in [-0.25, -0.2) is 4.79 Å². The third-order valence-electron chi connectivity index (χ3n) is 2.77. The van der Waals surface area contributed by atoms with Crippen LogP contribution >= 0.6 is 15.9 Å². The standard InChI is InChI=1S/C11H11BrN2O3/c1-11(9(15)13-10(16)14-11)6-3-4-7(12)8(5-6)17-2/h3-5H,1-2H3,(H2,13,14,15,16). The minimum Gasteiger partial charge on any atom is -0.496 e. The molecule has 1 aromatic carbocycles. The maximum Gasteiger partial charge on any atom is 0.322 e. The number of benzene rings is 1. The fourth-order valence-electron chi connectivity index (χ4n) is 1.72. The van der Waals surface area contributed by atoms with Crippen molar-refractivity contribution in [3.63, 3.8) is 0 Å². The molecule has 2 N–H and O–H groups in total. The van der Waals surface area contributed by atoms with Gasteiger partial charge in [0.05, 0.1) is 11.6 Å². The summed E-state index contributed by atoms with van der Waals surface area (Å²) in [6, 6.07) is 4.77. The molecule has 1 atom stereocenters. The molecule has 1 unspecified atom stereocenters. The molecule has 17 heavy (non-hydrogen) atoms. The highest BCUT2D eigenvalue weighted by Gasteiger charge is 2.43. The van der Waals surface area contributed by atoms with Crippen LogP contribution in [0.5, 0.6) is 5.75 Å². The van der Waals surface area contributed by atoms with Gasteiger partial charge in [0, 0.05) is 0 Å². The average molecular weight is 299 g/mol. The van der Waals surface area contributed by atoms with Crippen molar-refractivity contribution in [3.05, 3.63) is 28.2 Å². The number of amides is 3. The van der Waals surface area contributed by atoms with E-state index in [0.717, 1.165) is 4.47 Å². The van der Waals surface area contributed by atoms with E-state index in [1.807, 2.05) is 0 Å². The van der Waals surface area contributed by atoms with E-state index in [1.165, 1.54) is 0 Å². The van der Waals surface area contributed by atoms with Gasteiger partial charge in [-0.05, 0) is 40.5 Å². The smallest absolute Gasteiger partial charge is 0.322 e. The van der Waals surface area contributed by atoms with Gasteiger partial charge in [-0.1, -0.05) is 6.07 Å². The number of carbonyl (C=O) groups is 2. The zero-order chi connectivity index (χ0) is 12.6. The van der Waals surface area contributed by atoms with E-state index >= 15 is 0 Å². The van der Waals surface area contributed by atoms with Crippen molar-refractivity contribution in [2.75, 3.05) is 7.11 Å². The second-order valence-corrected chi connectivity index (χ2v) is 4.74. The summed E-state index contributed by atoms with van der Waals surface area (Å²) in [6.07, 6.45) is 0. The van der Waals surface area contributed by atoms with Crippen LogP contribution in [0.3, 0.4) is 0 Å². The summed E-state index contributed by atoms with van der Waals surface area (Å²) in [5, 5.41) is 4.81. The molecular weight excluding hydrogens is 288 g/mol. The molecule has 6 heteroatoms. The topological polar surface area (TPSA) is 67.4 Å². The van der Waals surface area contributed by atoms with Crippen LogP contribution in [0.2, 0.25) is 0 Å². The molecule has 0 saturated carbocycles. The lowest BCUT2D eigenvalue weighted by atomic mass is 9.92. The van der Waals surface area contributed by atoms with Gasteiger partial charge in [-0.2, -0.15) is 0 Å². The molecule has 1 saturated heterocycles. The first kappa shape index (κ1) is 11.9. The second-order valence-electron chi connectivity index (χ2n) is 3.88. The number of halogens is 1. The second kappa shape index (κ2) is 4.03. The Balaban J connectivity index is 2.47. The van der Waals surface area contributed by atoms with E-state index < -0.39 is 11.6 Å². The number of carbonyl (C=O) groups excluding carboxylic acids is 2. The number of imide groups is 1. The van der Waals surface area contributed by atoms with Crippen LogP contribution in [-0.2, 0) is 10.3 Å². The highest BCUT2D eigenvalue weighted by molar-refractivity contribution is 9.10. The average Bonchev–Trinajstić information content (AvgIpc) is 2.54. The lowest BCUT2D eigenvalue weighted by Crippen LogP contribution is -2.40. The van der Waals surface area contributed by atoms with Gasteiger partial charge < -0.3 is 10.1 Å². The Bertz CT molecular complexity index is 503. The molecule has 0 aromatic heterocycles. The number of hydrogen-bond donors (Lipinski definition) is 2. The first-order chi connectivity index (χ1) is 7.97. The van der Waals surface area contributed by atoms with Gasteiger partial charge >= 0.3 is 6.03 Å². The quantitative estimate of drug-likeness (QED) is 0.814. The van der Waals surface area contributed by atoms with E-state index in [-0.39, 0.29) is 5.91 Å². The summed E-state index contributed by atoms with van der Waals surface area (Å²) in [7, 11) is 1.54. The van der Waals surface area contributed by atoms with Crippen molar-refractivity contribution in [2.24, 2.45) is 0 Å². The first-order valence-electron chi connectivity index (χ1n) is 4.95. The maximum atomic E-state index is 11.7. The molecule has 1 aliphatic heterocycles. The van der Waals surface area contributed by atoms with E-state index in [1.54, 1.807) is 32.2 Å². The summed E-state index contributed by atoms with van der Waals surface area (Å²) in [4.78, 5) is 22.9.